The third-order valence-electron chi connectivity index (χ3n) is 3.20. The summed E-state index contributed by atoms with van der Waals surface area (Å²) in [4.78, 5) is 26.0. The highest BCUT2D eigenvalue weighted by molar-refractivity contribution is 7.12. The number of hydrogen-bond donors (Lipinski definition) is 1. The van der Waals surface area contributed by atoms with Crippen molar-refractivity contribution in [1.29, 1.82) is 0 Å². The monoisotopic (exact) mass is 310 g/mol. The highest BCUT2D eigenvalue weighted by Crippen LogP contribution is 2.26. The van der Waals surface area contributed by atoms with Crippen LogP contribution in [0, 0.1) is 20.8 Å². The molecule has 0 saturated carbocycles. The molecular weight excluding hydrogens is 292 g/mol. The smallest absolute Gasteiger partial charge is 0.307 e. The molecule has 0 spiro atoms. The van der Waals surface area contributed by atoms with E-state index in [0.717, 1.165) is 22.6 Å². The van der Waals surface area contributed by atoms with Gasteiger partial charge in [0.1, 0.15) is 6.54 Å². The number of thiazole rings is 1. The quantitative estimate of drug-likeness (QED) is 0.944. The van der Waals surface area contributed by atoms with E-state index in [9.17, 15) is 9.59 Å². The van der Waals surface area contributed by atoms with Crippen molar-refractivity contribution in [2.45, 2.75) is 40.3 Å². The van der Waals surface area contributed by atoms with Gasteiger partial charge < -0.3 is 5.32 Å². The van der Waals surface area contributed by atoms with E-state index in [0.29, 0.717) is 0 Å². The molecule has 4 nitrogen and oxygen atoms in total. The van der Waals surface area contributed by atoms with E-state index in [1.807, 2.05) is 13.8 Å². The zero-order valence-electron chi connectivity index (χ0n) is 12.0. The number of carbonyl (C=O) groups excluding carboxylic acids is 1. The molecule has 2 aromatic heterocycles. The fourth-order valence-electron chi connectivity index (χ4n) is 2.19. The topological polar surface area (TPSA) is 51.1 Å². The summed E-state index contributed by atoms with van der Waals surface area (Å²) in [6, 6.07) is 2.06. The van der Waals surface area contributed by atoms with Crippen LogP contribution >= 0.6 is 22.7 Å². The summed E-state index contributed by atoms with van der Waals surface area (Å²) < 4.78 is 1.50. The van der Waals surface area contributed by atoms with Crippen LogP contribution in [0.2, 0.25) is 0 Å². The van der Waals surface area contributed by atoms with Gasteiger partial charge in [-0.15, -0.1) is 11.3 Å². The number of rotatable bonds is 4. The molecule has 2 rings (SSSR count). The molecule has 0 aromatic carbocycles. The molecule has 0 saturated heterocycles. The van der Waals surface area contributed by atoms with Crippen LogP contribution < -0.4 is 10.2 Å². The molecule has 6 heteroatoms. The number of hydrogen-bond acceptors (Lipinski definition) is 4. The van der Waals surface area contributed by atoms with E-state index in [1.165, 1.54) is 14.3 Å². The van der Waals surface area contributed by atoms with Crippen molar-refractivity contribution >= 4 is 28.6 Å². The number of carbonyl (C=O) groups is 1. The molecule has 1 atom stereocenters. The Morgan fingerprint density at radius 2 is 2.10 bits per heavy atom. The van der Waals surface area contributed by atoms with Crippen LogP contribution in [0.15, 0.2) is 16.2 Å². The van der Waals surface area contributed by atoms with Crippen molar-refractivity contribution in [3.63, 3.8) is 0 Å². The van der Waals surface area contributed by atoms with Gasteiger partial charge in [-0.1, -0.05) is 11.3 Å². The van der Waals surface area contributed by atoms with Crippen molar-refractivity contribution in [3.8, 4) is 0 Å². The first-order valence-electron chi connectivity index (χ1n) is 6.39. The SMILES string of the molecule is Cc1cc([C@H](C)NC(=O)Cn2c(C)csc2=O)c(C)s1. The summed E-state index contributed by atoms with van der Waals surface area (Å²) in [5.41, 5.74) is 1.97. The fraction of sp³-hybridized carbons (Fsp3) is 0.429. The van der Waals surface area contributed by atoms with Crippen LogP contribution in [0.3, 0.4) is 0 Å². The fourth-order valence-corrected chi connectivity index (χ4v) is 3.94. The van der Waals surface area contributed by atoms with Crippen molar-refractivity contribution in [2.24, 2.45) is 0 Å². The van der Waals surface area contributed by atoms with E-state index >= 15 is 0 Å². The minimum Gasteiger partial charge on any atom is -0.348 e. The summed E-state index contributed by atoms with van der Waals surface area (Å²) in [7, 11) is 0. The molecule has 0 aliphatic carbocycles. The van der Waals surface area contributed by atoms with E-state index in [-0.39, 0.29) is 23.4 Å². The summed E-state index contributed by atoms with van der Waals surface area (Å²) in [6.07, 6.45) is 0. The second kappa shape index (κ2) is 5.93. The van der Waals surface area contributed by atoms with E-state index in [4.69, 9.17) is 0 Å². The average Bonchev–Trinajstić information content (AvgIpc) is 2.85. The maximum absolute atomic E-state index is 12.1. The highest BCUT2D eigenvalue weighted by Gasteiger charge is 2.15. The van der Waals surface area contributed by atoms with Crippen molar-refractivity contribution in [3.05, 3.63) is 42.1 Å². The predicted octanol–water partition coefficient (Wildman–Crippen LogP) is 2.77. The first-order valence-corrected chi connectivity index (χ1v) is 8.09. The molecule has 1 amide bonds. The van der Waals surface area contributed by atoms with Crippen molar-refractivity contribution in [1.82, 2.24) is 9.88 Å². The lowest BCUT2D eigenvalue weighted by molar-refractivity contribution is -0.122. The zero-order valence-corrected chi connectivity index (χ0v) is 13.7. The molecule has 0 unspecified atom stereocenters. The minimum atomic E-state index is -0.135. The lowest BCUT2D eigenvalue weighted by Crippen LogP contribution is -2.32. The number of amides is 1. The molecule has 0 bridgehead atoms. The largest absolute Gasteiger partial charge is 0.348 e. The van der Waals surface area contributed by atoms with Gasteiger partial charge in [-0.3, -0.25) is 14.2 Å². The molecule has 2 heterocycles. The van der Waals surface area contributed by atoms with Crippen LogP contribution in [-0.2, 0) is 11.3 Å². The summed E-state index contributed by atoms with van der Waals surface area (Å²) in [5, 5.41) is 4.72. The molecule has 0 fully saturated rings. The molecule has 20 heavy (non-hydrogen) atoms. The van der Waals surface area contributed by atoms with Gasteiger partial charge in [0, 0.05) is 20.8 Å². The standard InChI is InChI=1S/C14H18N2O2S2/c1-8-7-19-14(18)16(8)6-13(17)15-10(3)12-5-9(2)20-11(12)4/h5,7,10H,6H2,1-4H3,(H,15,17)/t10-/m0/s1. The second-order valence-electron chi connectivity index (χ2n) is 4.89. The zero-order chi connectivity index (χ0) is 14.9. The number of aromatic nitrogens is 1. The van der Waals surface area contributed by atoms with Gasteiger partial charge in [-0.2, -0.15) is 0 Å². The van der Waals surface area contributed by atoms with Crippen LogP contribution in [0.1, 0.15) is 34.0 Å². The molecule has 0 radical (unpaired) electrons. The lowest BCUT2D eigenvalue weighted by Gasteiger charge is -2.14. The van der Waals surface area contributed by atoms with E-state index in [1.54, 1.807) is 16.7 Å². The van der Waals surface area contributed by atoms with Gasteiger partial charge >= 0.3 is 4.87 Å². The number of nitrogens with one attached hydrogen (secondary N) is 1. The second-order valence-corrected chi connectivity index (χ2v) is 7.17. The molecule has 108 valence electrons. The number of nitrogens with zero attached hydrogens (tertiary/aromatic N) is 1. The number of thiophene rings is 1. The summed E-state index contributed by atoms with van der Waals surface area (Å²) in [6.45, 7) is 8.00. The maximum atomic E-state index is 12.1. The Labute approximate surface area is 126 Å². The van der Waals surface area contributed by atoms with Gasteiger partial charge in [-0.05, 0) is 39.3 Å². The normalized spacial score (nSPS) is 12.4. The summed E-state index contributed by atoms with van der Waals surface area (Å²) in [5.74, 6) is -0.135. The Hall–Kier alpha value is -1.40. The minimum absolute atomic E-state index is 0.0397. The third kappa shape index (κ3) is 3.19. The van der Waals surface area contributed by atoms with Crippen molar-refractivity contribution < 1.29 is 4.79 Å². The maximum Gasteiger partial charge on any atom is 0.307 e. The Kier molecular flexibility index (Phi) is 4.45. The Balaban J connectivity index is 2.05. The summed E-state index contributed by atoms with van der Waals surface area (Å²) >= 11 is 2.85. The van der Waals surface area contributed by atoms with Gasteiger partial charge in [0.05, 0.1) is 6.04 Å². The van der Waals surface area contributed by atoms with Gasteiger partial charge in [-0.25, -0.2) is 0 Å². The van der Waals surface area contributed by atoms with Crippen LogP contribution in [0.4, 0.5) is 0 Å². The Morgan fingerprint density at radius 1 is 1.40 bits per heavy atom. The first-order chi connectivity index (χ1) is 9.38. The first kappa shape index (κ1) is 15.0. The van der Waals surface area contributed by atoms with Gasteiger partial charge in [0.15, 0.2) is 0 Å². The lowest BCUT2D eigenvalue weighted by atomic mass is 10.1. The van der Waals surface area contributed by atoms with E-state index in [2.05, 4.69) is 25.2 Å². The molecule has 0 aliphatic heterocycles. The molecule has 2 aromatic rings. The molecular formula is C14H18N2O2S2. The average molecular weight is 310 g/mol. The Morgan fingerprint density at radius 3 is 2.60 bits per heavy atom. The van der Waals surface area contributed by atoms with Gasteiger partial charge in [0.25, 0.3) is 0 Å². The number of aryl methyl sites for hydroxylation is 3. The molecule has 1 N–H and O–H groups in total. The molecule has 0 aliphatic rings. The van der Waals surface area contributed by atoms with Crippen molar-refractivity contribution in [2.75, 3.05) is 0 Å². The van der Waals surface area contributed by atoms with Gasteiger partial charge in [0.2, 0.25) is 5.91 Å². The van der Waals surface area contributed by atoms with E-state index < -0.39 is 0 Å². The third-order valence-corrected chi connectivity index (χ3v) is 5.06. The Bertz CT molecular complexity index is 682. The van der Waals surface area contributed by atoms with Crippen LogP contribution in [0.25, 0.3) is 0 Å². The van der Waals surface area contributed by atoms with Crippen LogP contribution in [-0.4, -0.2) is 10.5 Å². The predicted molar refractivity (Wildman–Crippen MR) is 83.7 cm³/mol. The van der Waals surface area contributed by atoms with Crippen LogP contribution in [0.5, 0.6) is 0 Å². The highest BCUT2D eigenvalue weighted by atomic mass is 32.1.